The minimum atomic E-state index is -3.93. The molecule has 1 amide bonds. The second-order valence-electron chi connectivity index (χ2n) is 8.07. The lowest BCUT2D eigenvalue weighted by molar-refractivity contribution is -0.119. The standard InChI is InChI=1S/C27H32N2O4S/c1-4-22-10-5-7-13-25(22)29(34(31,32)24-17-15-21(2)16-18-24)20-27(30)28-19-9-12-23-11-6-8-14-26(23)33-3/h5-8,10-11,13-18H,4,9,12,19-20H2,1-3H3,(H,28,30). The summed E-state index contributed by atoms with van der Waals surface area (Å²) < 4.78 is 33.7. The maximum Gasteiger partial charge on any atom is 0.264 e. The molecule has 7 heteroatoms. The van der Waals surface area contributed by atoms with Crippen molar-refractivity contribution in [2.24, 2.45) is 0 Å². The van der Waals surface area contributed by atoms with Gasteiger partial charge < -0.3 is 10.1 Å². The fourth-order valence-electron chi connectivity index (χ4n) is 3.79. The van der Waals surface area contributed by atoms with Gasteiger partial charge in [-0.1, -0.05) is 61.0 Å². The van der Waals surface area contributed by atoms with E-state index in [4.69, 9.17) is 4.74 Å². The van der Waals surface area contributed by atoms with Gasteiger partial charge in [-0.2, -0.15) is 0 Å². The monoisotopic (exact) mass is 480 g/mol. The number of nitrogens with zero attached hydrogens (tertiary/aromatic N) is 1. The van der Waals surface area contributed by atoms with Crippen LogP contribution in [0.2, 0.25) is 0 Å². The van der Waals surface area contributed by atoms with Gasteiger partial charge in [0.25, 0.3) is 10.0 Å². The normalized spacial score (nSPS) is 11.1. The van der Waals surface area contributed by atoms with Crippen LogP contribution in [0.3, 0.4) is 0 Å². The second-order valence-corrected chi connectivity index (χ2v) is 9.93. The molecule has 0 bridgehead atoms. The maximum absolute atomic E-state index is 13.6. The first-order valence-corrected chi connectivity index (χ1v) is 12.9. The Hall–Kier alpha value is -3.32. The summed E-state index contributed by atoms with van der Waals surface area (Å²) >= 11 is 0. The number of carbonyl (C=O) groups is 1. The number of amides is 1. The molecule has 6 nitrogen and oxygen atoms in total. The molecule has 0 aromatic heterocycles. The summed E-state index contributed by atoms with van der Waals surface area (Å²) in [4.78, 5) is 13.0. The quantitative estimate of drug-likeness (QED) is 0.410. The Morgan fingerprint density at radius 3 is 2.26 bits per heavy atom. The average Bonchev–Trinajstić information content (AvgIpc) is 2.85. The number of anilines is 1. The molecule has 0 spiro atoms. The van der Waals surface area contributed by atoms with E-state index in [1.807, 2.05) is 50.2 Å². The Balaban J connectivity index is 1.75. The van der Waals surface area contributed by atoms with Crippen LogP contribution in [0.25, 0.3) is 0 Å². The highest BCUT2D eigenvalue weighted by Gasteiger charge is 2.28. The van der Waals surface area contributed by atoms with Crippen LogP contribution in [0.15, 0.2) is 77.7 Å². The Morgan fingerprint density at radius 1 is 0.941 bits per heavy atom. The van der Waals surface area contributed by atoms with Gasteiger partial charge in [-0.25, -0.2) is 8.42 Å². The predicted molar refractivity (Wildman–Crippen MR) is 136 cm³/mol. The highest BCUT2D eigenvalue weighted by atomic mass is 32.2. The third-order valence-electron chi connectivity index (χ3n) is 5.67. The number of hydrogen-bond donors (Lipinski definition) is 1. The molecule has 180 valence electrons. The molecule has 3 aromatic carbocycles. The van der Waals surface area contributed by atoms with Crippen molar-refractivity contribution in [2.45, 2.75) is 38.0 Å². The van der Waals surface area contributed by atoms with Crippen molar-refractivity contribution >= 4 is 21.6 Å². The first-order valence-electron chi connectivity index (χ1n) is 11.4. The molecule has 0 saturated carbocycles. The van der Waals surface area contributed by atoms with Crippen LogP contribution < -0.4 is 14.4 Å². The number of para-hydroxylation sites is 2. The number of hydrogen-bond acceptors (Lipinski definition) is 4. The smallest absolute Gasteiger partial charge is 0.264 e. The summed E-state index contributed by atoms with van der Waals surface area (Å²) in [6.07, 6.45) is 2.10. The van der Waals surface area contributed by atoms with E-state index in [0.717, 1.165) is 28.9 Å². The summed E-state index contributed by atoms with van der Waals surface area (Å²) in [6, 6.07) is 21.8. The predicted octanol–water partition coefficient (Wildman–Crippen LogP) is 4.51. The van der Waals surface area contributed by atoms with Gasteiger partial charge in [-0.15, -0.1) is 0 Å². The van der Waals surface area contributed by atoms with Gasteiger partial charge in [0.15, 0.2) is 0 Å². The number of rotatable bonds is 11. The van der Waals surface area contributed by atoms with E-state index in [1.54, 1.807) is 43.5 Å². The van der Waals surface area contributed by atoms with Crippen molar-refractivity contribution in [3.8, 4) is 5.75 Å². The zero-order valence-electron chi connectivity index (χ0n) is 20.0. The van der Waals surface area contributed by atoms with Crippen LogP contribution in [0.5, 0.6) is 5.75 Å². The van der Waals surface area contributed by atoms with Gasteiger partial charge in [-0.05, 0) is 61.6 Å². The van der Waals surface area contributed by atoms with Crippen LogP contribution in [0, 0.1) is 6.92 Å². The number of nitrogens with one attached hydrogen (secondary N) is 1. The molecule has 0 aliphatic rings. The molecule has 34 heavy (non-hydrogen) atoms. The molecule has 0 aliphatic heterocycles. The Labute approximate surface area is 202 Å². The van der Waals surface area contributed by atoms with Gasteiger partial charge in [0.05, 0.1) is 17.7 Å². The van der Waals surface area contributed by atoms with Gasteiger partial charge in [-0.3, -0.25) is 9.10 Å². The average molecular weight is 481 g/mol. The van der Waals surface area contributed by atoms with Crippen molar-refractivity contribution in [3.63, 3.8) is 0 Å². The van der Waals surface area contributed by atoms with Crippen molar-refractivity contribution in [2.75, 3.05) is 24.5 Å². The van der Waals surface area contributed by atoms with Crippen molar-refractivity contribution in [1.82, 2.24) is 5.32 Å². The zero-order valence-corrected chi connectivity index (χ0v) is 20.8. The molecule has 0 aliphatic carbocycles. The number of carbonyl (C=O) groups excluding carboxylic acids is 1. The summed E-state index contributed by atoms with van der Waals surface area (Å²) in [5, 5.41) is 2.87. The molecule has 3 rings (SSSR count). The van der Waals surface area contributed by atoms with E-state index in [2.05, 4.69) is 5.32 Å². The van der Waals surface area contributed by atoms with Crippen molar-refractivity contribution < 1.29 is 17.9 Å². The largest absolute Gasteiger partial charge is 0.496 e. The minimum Gasteiger partial charge on any atom is -0.496 e. The lowest BCUT2D eigenvalue weighted by Gasteiger charge is -2.26. The van der Waals surface area contributed by atoms with Gasteiger partial charge in [0.2, 0.25) is 5.91 Å². The molecule has 3 aromatic rings. The third-order valence-corrected chi connectivity index (χ3v) is 7.45. The molecule has 1 N–H and O–H groups in total. The minimum absolute atomic E-state index is 0.160. The fraction of sp³-hybridized carbons (Fsp3) is 0.296. The lowest BCUT2D eigenvalue weighted by atomic mass is 10.1. The van der Waals surface area contributed by atoms with Crippen LogP contribution in [0.1, 0.15) is 30.0 Å². The molecule has 0 atom stereocenters. The topological polar surface area (TPSA) is 75.7 Å². The van der Waals surface area contributed by atoms with E-state index in [1.165, 1.54) is 4.31 Å². The molecule has 0 radical (unpaired) electrons. The highest BCUT2D eigenvalue weighted by Crippen LogP contribution is 2.27. The van der Waals surface area contributed by atoms with E-state index in [0.29, 0.717) is 25.1 Å². The van der Waals surface area contributed by atoms with Crippen LogP contribution >= 0.6 is 0 Å². The first kappa shape index (κ1) is 25.3. The van der Waals surface area contributed by atoms with E-state index in [9.17, 15) is 13.2 Å². The van der Waals surface area contributed by atoms with Crippen LogP contribution in [-0.4, -0.2) is 34.5 Å². The molecule has 0 fully saturated rings. The number of sulfonamides is 1. The van der Waals surface area contributed by atoms with Crippen LogP contribution in [-0.2, 0) is 27.7 Å². The maximum atomic E-state index is 13.6. The van der Waals surface area contributed by atoms with E-state index < -0.39 is 10.0 Å². The van der Waals surface area contributed by atoms with Crippen molar-refractivity contribution in [1.29, 1.82) is 0 Å². The Morgan fingerprint density at radius 2 is 1.59 bits per heavy atom. The summed E-state index contributed by atoms with van der Waals surface area (Å²) in [7, 11) is -2.29. The zero-order chi connectivity index (χ0) is 24.6. The van der Waals surface area contributed by atoms with Gasteiger partial charge in [0.1, 0.15) is 12.3 Å². The first-order chi connectivity index (χ1) is 16.4. The number of aryl methyl sites for hydroxylation is 3. The number of benzene rings is 3. The molecular weight excluding hydrogens is 448 g/mol. The summed E-state index contributed by atoms with van der Waals surface area (Å²) in [5.74, 6) is 0.474. The second kappa shape index (κ2) is 11.7. The van der Waals surface area contributed by atoms with E-state index in [-0.39, 0.29) is 17.3 Å². The Bertz CT molecular complexity index is 1210. The molecule has 0 unspecified atom stereocenters. The Kier molecular flexibility index (Phi) is 8.71. The summed E-state index contributed by atoms with van der Waals surface area (Å²) in [5.41, 5.74) is 3.42. The SMILES string of the molecule is CCc1ccccc1N(CC(=O)NCCCc1ccccc1OC)S(=O)(=O)c1ccc(C)cc1. The molecular formula is C27H32N2O4S. The van der Waals surface area contributed by atoms with E-state index >= 15 is 0 Å². The van der Waals surface area contributed by atoms with Crippen molar-refractivity contribution in [3.05, 3.63) is 89.5 Å². The van der Waals surface area contributed by atoms with Crippen LogP contribution in [0.4, 0.5) is 5.69 Å². The van der Waals surface area contributed by atoms with Gasteiger partial charge >= 0.3 is 0 Å². The lowest BCUT2D eigenvalue weighted by Crippen LogP contribution is -2.41. The molecule has 0 saturated heterocycles. The fourth-order valence-corrected chi connectivity index (χ4v) is 5.25. The van der Waals surface area contributed by atoms with Gasteiger partial charge in [0, 0.05) is 6.54 Å². The number of methoxy groups -OCH3 is 1. The molecule has 0 heterocycles. The number of ether oxygens (including phenoxy) is 1. The summed E-state index contributed by atoms with van der Waals surface area (Å²) in [6.45, 7) is 4.01. The third kappa shape index (κ3) is 6.17. The highest BCUT2D eigenvalue weighted by molar-refractivity contribution is 7.92.